The van der Waals surface area contributed by atoms with Gasteiger partial charge in [-0.25, -0.2) is 0 Å². The Morgan fingerprint density at radius 2 is 1.90 bits per heavy atom. The zero-order valence-corrected chi connectivity index (χ0v) is 12.0. The summed E-state index contributed by atoms with van der Waals surface area (Å²) < 4.78 is 0. The first-order chi connectivity index (χ1) is 9.21. The molecule has 1 aliphatic carbocycles. The first-order valence-corrected chi connectivity index (χ1v) is 6.53. The minimum absolute atomic E-state index is 0.203. The van der Waals surface area contributed by atoms with Crippen molar-refractivity contribution in [2.75, 3.05) is 0 Å². The van der Waals surface area contributed by atoms with Crippen molar-refractivity contribution in [1.82, 2.24) is 0 Å². The van der Waals surface area contributed by atoms with Gasteiger partial charge >= 0.3 is 0 Å². The lowest BCUT2D eigenvalue weighted by Gasteiger charge is -2.37. The van der Waals surface area contributed by atoms with Crippen molar-refractivity contribution in [2.45, 2.75) is 38.3 Å². The molecule has 112 valence electrons. The maximum Gasteiger partial charge on any atom is 0.281 e. The van der Waals surface area contributed by atoms with E-state index in [9.17, 15) is 20.2 Å². The molecule has 1 rings (SSSR count). The third-order valence-corrected chi connectivity index (χ3v) is 4.13. The van der Waals surface area contributed by atoms with Crippen molar-refractivity contribution in [1.29, 1.82) is 0 Å². The first kappa shape index (κ1) is 16.4. The second kappa shape index (κ2) is 5.76. The van der Waals surface area contributed by atoms with Crippen LogP contribution in [0.5, 0.6) is 0 Å². The van der Waals surface area contributed by atoms with Gasteiger partial charge in [-0.15, -0.1) is 0 Å². The molecule has 0 spiro atoms. The number of hydrogen-bond acceptors (Lipinski definition) is 6. The van der Waals surface area contributed by atoms with Crippen LogP contribution in [-0.2, 0) is 0 Å². The van der Waals surface area contributed by atoms with Crippen molar-refractivity contribution in [3.05, 3.63) is 42.7 Å². The molecule has 0 bridgehead atoms. The smallest absolute Gasteiger partial charge is 0.281 e. The Bertz CT molecular complexity index is 501. The van der Waals surface area contributed by atoms with Crippen LogP contribution in [0.25, 0.3) is 0 Å². The molecule has 9 heteroatoms. The number of nitrogens with two attached hydrogens (primary N) is 2. The highest BCUT2D eigenvalue weighted by molar-refractivity contribution is 6.31. The van der Waals surface area contributed by atoms with Gasteiger partial charge in [0.05, 0.1) is 9.96 Å². The lowest BCUT2D eigenvalue weighted by molar-refractivity contribution is -0.536. The van der Waals surface area contributed by atoms with Crippen molar-refractivity contribution in [3.63, 3.8) is 0 Å². The molecule has 20 heavy (non-hydrogen) atoms. The van der Waals surface area contributed by atoms with E-state index in [1.807, 2.05) is 0 Å². The number of nitro groups is 2. The standard InChI is InChI=1S/C11H17ClN4O4/c1-3-6(4-2)11(14)8(15(17)18)5-7(12)9(13)10(11)16(19)20/h5-6,10H,3-4,13-14H2,1-2H3. The zero-order valence-electron chi connectivity index (χ0n) is 11.2. The molecule has 0 aromatic rings. The highest BCUT2D eigenvalue weighted by Gasteiger charge is 2.60. The van der Waals surface area contributed by atoms with Crippen LogP contribution in [0.15, 0.2) is 22.5 Å². The maximum atomic E-state index is 11.3. The number of allylic oxidation sites excluding steroid dienone is 2. The van der Waals surface area contributed by atoms with Crippen LogP contribution in [0.3, 0.4) is 0 Å². The molecule has 0 amide bonds. The maximum absolute atomic E-state index is 11.3. The Kier molecular flexibility index (Phi) is 4.72. The number of rotatable bonds is 5. The Labute approximate surface area is 120 Å². The average Bonchev–Trinajstić information content (AvgIpc) is 2.34. The number of nitrogens with zero attached hydrogens (tertiary/aromatic N) is 2. The van der Waals surface area contributed by atoms with Crippen LogP contribution in [0, 0.1) is 26.1 Å². The predicted molar refractivity (Wildman–Crippen MR) is 73.9 cm³/mol. The van der Waals surface area contributed by atoms with Crippen LogP contribution < -0.4 is 11.5 Å². The summed E-state index contributed by atoms with van der Waals surface area (Å²) in [7, 11) is 0. The minimum Gasteiger partial charge on any atom is -0.395 e. The molecule has 0 saturated carbocycles. The lowest BCUT2D eigenvalue weighted by Crippen LogP contribution is -2.64. The van der Waals surface area contributed by atoms with Gasteiger partial charge in [-0.05, 0) is 5.92 Å². The second-order valence-corrected chi connectivity index (χ2v) is 5.13. The van der Waals surface area contributed by atoms with Gasteiger partial charge in [-0.1, -0.05) is 38.3 Å². The van der Waals surface area contributed by atoms with E-state index < -0.39 is 33.0 Å². The normalized spacial score (nSPS) is 26.6. The van der Waals surface area contributed by atoms with E-state index in [4.69, 9.17) is 23.1 Å². The first-order valence-electron chi connectivity index (χ1n) is 6.15. The van der Waals surface area contributed by atoms with Crippen molar-refractivity contribution < 1.29 is 9.85 Å². The fraction of sp³-hybridized carbons (Fsp3) is 0.636. The summed E-state index contributed by atoms with van der Waals surface area (Å²) >= 11 is 5.78. The molecule has 0 fully saturated rings. The molecular formula is C11H17ClN4O4. The van der Waals surface area contributed by atoms with Gasteiger partial charge in [0.15, 0.2) is 5.54 Å². The predicted octanol–water partition coefficient (Wildman–Crippen LogP) is 1.35. The van der Waals surface area contributed by atoms with Crippen LogP contribution >= 0.6 is 11.6 Å². The fourth-order valence-electron chi connectivity index (χ4n) is 2.75. The van der Waals surface area contributed by atoms with Gasteiger partial charge in [0.25, 0.3) is 11.7 Å². The summed E-state index contributed by atoms with van der Waals surface area (Å²) in [5.74, 6) is -0.460. The summed E-state index contributed by atoms with van der Waals surface area (Å²) in [4.78, 5) is 21.2. The highest BCUT2D eigenvalue weighted by atomic mass is 35.5. The van der Waals surface area contributed by atoms with Gasteiger partial charge in [-0.2, -0.15) is 0 Å². The molecule has 0 aliphatic heterocycles. The number of halogens is 1. The second-order valence-electron chi connectivity index (χ2n) is 4.72. The summed E-state index contributed by atoms with van der Waals surface area (Å²) in [6.07, 6.45) is 1.93. The van der Waals surface area contributed by atoms with E-state index in [1.54, 1.807) is 13.8 Å². The molecule has 2 atom stereocenters. The molecular weight excluding hydrogens is 288 g/mol. The average molecular weight is 305 g/mol. The Hall–Kier alpha value is -1.67. The van der Waals surface area contributed by atoms with Crippen molar-refractivity contribution in [3.8, 4) is 0 Å². The van der Waals surface area contributed by atoms with Gasteiger partial charge in [0.1, 0.15) is 5.70 Å². The monoisotopic (exact) mass is 304 g/mol. The zero-order chi connectivity index (χ0) is 15.7. The summed E-state index contributed by atoms with van der Waals surface area (Å²) in [5.41, 5.74) is 9.33. The van der Waals surface area contributed by atoms with Crippen LogP contribution in [0.4, 0.5) is 0 Å². The van der Waals surface area contributed by atoms with E-state index in [0.29, 0.717) is 12.8 Å². The summed E-state index contributed by atoms with van der Waals surface area (Å²) in [5, 5.41) is 22.4. The molecule has 2 unspecified atom stereocenters. The van der Waals surface area contributed by atoms with Gasteiger partial charge in [0, 0.05) is 11.0 Å². The van der Waals surface area contributed by atoms with Crippen LogP contribution in [0.1, 0.15) is 26.7 Å². The van der Waals surface area contributed by atoms with Crippen molar-refractivity contribution in [2.24, 2.45) is 17.4 Å². The van der Waals surface area contributed by atoms with Crippen molar-refractivity contribution >= 4 is 11.6 Å². The van der Waals surface area contributed by atoms with Gasteiger partial charge < -0.3 is 11.5 Å². The largest absolute Gasteiger partial charge is 0.395 e. The lowest BCUT2D eigenvalue weighted by atomic mass is 9.70. The van der Waals surface area contributed by atoms with E-state index in [-0.39, 0.29) is 10.7 Å². The summed E-state index contributed by atoms with van der Waals surface area (Å²) in [6.45, 7) is 3.54. The van der Waals surface area contributed by atoms with Crippen LogP contribution in [-0.4, -0.2) is 21.4 Å². The van der Waals surface area contributed by atoms with E-state index in [0.717, 1.165) is 6.08 Å². The molecule has 0 saturated heterocycles. The molecule has 0 radical (unpaired) electrons. The topological polar surface area (TPSA) is 138 Å². The molecule has 0 heterocycles. The van der Waals surface area contributed by atoms with Gasteiger partial charge in [-0.3, -0.25) is 20.2 Å². The third kappa shape index (κ3) is 2.36. The molecule has 0 aromatic heterocycles. The molecule has 1 aliphatic rings. The molecule has 0 aromatic carbocycles. The Balaban J connectivity index is 3.59. The van der Waals surface area contributed by atoms with E-state index in [2.05, 4.69) is 0 Å². The van der Waals surface area contributed by atoms with Crippen LogP contribution in [0.2, 0.25) is 0 Å². The van der Waals surface area contributed by atoms with E-state index in [1.165, 1.54) is 0 Å². The van der Waals surface area contributed by atoms with Gasteiger partial charge in [0.2, 0.25) is 0 Å². The highest BCUT2D eigenvalue weighted by Crippen LogP contribution is 2.40. The quantitative estimate of drug-likeness (QED) is 0.580. The summed E-state index contributed by atoms with van der Waals surface area (Å²) in [6, 6.07) is -1.61. The SMILES string of the molecule is CCC(CC)C1(N)C([N+](=O)[O-])=CC(Cl)=C(N)C1[N+](=O)[O-]. The van der Waals surface area contributed by atoms with E-state index >= 15 is 0 Å². The molecule has 4 N–H and O–H groups in total. The fourth-order valence-corrected chi connectivity index (χ4v) is 2.96. The minimum atomic E-state index is -1.78. The third-order valence-electron chi connectivity index (χ3n) is 3.80. The number of hydrogen-bond donors (Lipinski definition) is 2. The molecule has 8 nitrogen and oxygen atoms in total. The Morgan fingerprint density at radius 1 is 1.40 bits per heavy atom. The Morgan fingerprint density at radius 3 is 2.25 bits per heavy atom.